The zero-order chi connectivity index (χ0) is 23.8. The third-order valence-corrected chi connectivity index (χ3v) is 4.89. The summed E-state index contributed by atoms with van der Waals surface area (Å²) in [5.74, 6) is -0.397. The number of aromatic nitrogens is 2. The van der Waals surface area contributed by atoms with Crippen LogP contribution in [0.1, 0.15) is 16.1 Å². The van der Waals surface area contributed by atoms with Gasteiger partial charge in [0, 0.05) is 17.2 Å². The molecule has 0 aliphatic rings. The Bertz CT molecular complexity index is 1200. The number of carbonyl (C=O) groups excluding carboxylic acids is 2. The van der Waals surface area contributed by atoms with E-state index in [-0.39, 0.29) is 18.8 Å². The van der Waals surface area contributed by atoms with Gasteiger partial charge in [-0.15, -0.1) is 0 Å². The summed E-state index contributed by atoms with van der Waals surface area (Å²) >= 11 is 6.06. The molecule has 0 bridgehead atoms. The topological polar surface area (TPSA) is 109 Å². The molecule has 0 atom stereocenters. The molecule has 0 aliphatic heterocycles. The standard InChI is InChI=1S/C23H22ClN3O6/c1-15-12-19(20(31-2)13-17(15)24)25-21(28)14-33-23(30)18-8-9-22(29)27(26-18)10-11-32-16-6-4-3-5-7-16/h3-9,12-13H,10-11,14H2,1-2H3,(H,25,28). The van der Waals surface area contributed by atoms with Gasteiger partial charge in [0.25, 0.3) is 11.5 Å². The first-order chi connectivity index (χ1) is 15.9. The minimum atomic E-state index is -0.845. The average Bonchev–Trinajstić information content (AvgIpc) is 2.81. The first-order valence-electron chi connectivity index (χ1n) is 9.94. The minimum Gasteiger partial charge on any atom is -0.495 e. The van der Waals surface area contributed by atoms with Crippen molar-refractivity contribution >= 4 is 29.2 Å². The largest absolute Gasteiger partial charge is 0.495 e. The lowest BCUT2D eigenvalue weighted by molar-refractivity contribution is -0.119. The molecular formula is C23H22ClN3O6. The van der Waals surface area contributed by atoms with Crippen LogP contribution in [0.2, 0.25) is 5.02 Å². The first-order valence-corrected chi connectivity index (χ1v) is 10.3. The van der Waals surface area contributed by atoms with Crippen LogP contribution in [-0.2, 0) is 16.1 Å². The number of esters is 1. The van der Waals surface area contributed by atoms with E-state index in [0.29, 0.717) is 22.2 Å². The molecule has 1 aromatic heterocycles. The average molecular weight is 472 g/mol. The molecule has 3 aromatic rings. The molecule has 3 rings (SSSR count). The molecule has 0 fully saturated rings. The number of halogens is 1. The molecule has 33 heavy (non-hydrogen) atoms. The summed E-state index contributed by atoms with van der Waals surface area (Å²) in [6.07, 6.45) is 0. The Morgan fingerprint density at radius 3 is 2.61 bits per heavy atom. The van der Waals surface area contributed by atoms with Gasteiger partial charge >= 0.3 is 5.97 Å². The van der Waals surface area contributed by atoms with Gasteiger partial charge in [0.15, 0.2) is 12.3 Å². The van der Waals surface area contributed by atoms with Gasteiger partial charge in [-0.2, -0.15) is 5.10 Å². The maximum absolute atomic E-state index is 12.3. The van der Waals surface area contributed by atoms with E-state index >= 15 is 0 Å². The number of para-hydroxylation sites is 1. The molecule has 172 valence electrons. The Labute approximate surface area is 194 Å². The molecule has 0 radical (unpaired) electrons. The van der Waals surface area contributed by atoms with Crippen LogP contribution in [0.5, 0.6) is 11.5 Å². The van der Waals surface area contributed by atoms with E-state index in [1.807, 2.05) is 18.2 Å². The molecule has 0 spiro atoms. The van der Waals surface area contributed by atoms with Crippen LogP contribution in [0.15, 0.2) is 59.4 Å². The quantitative estimate of drug-likeness (QED) is 0.477. The highest BCUT2D eigenvalue weighted by molar-refractivity contribution is 6.31. The van der Waals surface area contributed by atoms with Crippen molar-refractivity contribution in [2.75, 3.05) is 25.6 Å². The molecule has 2 aromatic carbocycles. The van der Waals surface area contributed by atoms with Crippen LogP contribution in [0, 0.1) is 6.92 Å². The van der Waals surface area contributed by atoms with Gasteiger partial charge in [-0.25, -0.2) is 9.48 Å². The summed E-state index contributed by atoms with van der Waals surface area (Å²) in [7, 11) is 1.45. The van der Waals surface area contributed by atoms with E-state index in [4.69, 9.17) is 25.8 Å². The number of carbonyl (C=O) groups is 2. The molecule has 0 aliphatic carbocycles. The van der Waals surface area contributed by atoms with Crippen LogP contribution in [0.25, 0.3) is 0 Å². The van der Waals surface area contributed by atoms with Gasteiger partial charge < -0.3 is 19.5 Å². The molecule has 1 heterocycles. The summed E-state index contributed by atoms with van der Waals surface area (Å²) < 4.78 is 16.9. The van der Waals surface area contributed by atoms with Crippen LogP contribution >= 0.6 is 11.6 Å². The molecule has 0 unspecified atom stereocenters. The van der Waals surface area contributed by atoms with Crippen molar-refractivity contribution in [3.05, 3.63) is 81.2 Å². The second-order valence-corrected chi connectivity index (χ2v) is 7.27. The predicted octanol–water partition coefficient (Wildman–Crippen LogP) is 3.09. The number of benzene rings is 2. The van der Waals surface area contributed by atoms with Gasteiger partial charge in [-0.3, -0.25) is 9.59 Å². The van der Waals surface area contributed by atoms with Crippen molar-refractivity contribution in [1.82, 2.24) is 9.78 Å². The SMILES string of the molecule is COc1cc(Cl)c(C)cc1NC(=O)COC(=O)c1ccc(=O)n(CCOc2ccccc2)n1. The number of nitrogens with one attached hydrogen (secondary N) is 1. The third kappa shape index (κ3) is 6.56. The Kier molecular flexibility index (Phi) is 8.04. The van der Waals surface area contributed by atoms with Crippen molar-refractivity contribution in [2.24, 2.45) is 0 Å². The lowest BCUT2D eigenvalue weighted by atomic mass is 10.2. The number of ether oxygens (including phenoxy) is 3. The van der Waals surface area contributed by atoms with Crippen molar-refractivity contribution in [3.63, 3.8) is 0 Å². The highest BCUT2D eigenvalue weighted by atomic mass is 35.5. The predicted molar refractivity (Wildman–Crippen MR) is 122 cm³/mol. The van der Waals surface area contributed by atoms with Crippen molar-refractivity contribution in [2.45, 2.75) is 13.5 Å². The Hall–Kier alpha value is -3.85. The van der Waals surface area contributed by atoms with E-state index in [1.165, 1.54) is 19.2 Å². The smallest absolute Gasteiger partial charge is 0.359 e. The van der Waals surface area contributed by atoms with E-state index < -0.39 is 24.0 Å². The number of methoxy groups -OCH3 is 1. The van der Waals surface area contributed by atoms with E-state index in [0.717, 1.165) is 10.2 Å². The van der Waals surface area contributed by atoms with Crippen molar-refractivity contribution in [1.29, 1.82) is 0 Å². The summed E-state index contributed by atoms with van der Waals surface area (Å²) in [4.78, 5) is 36.6. The van der Waals surface area contributed by atoms with Crippen molar-refractivity contribution < 1.29 is 23.8 Å². The number of anilines is 1. The van der Waals surface area contributed by atoms with Crippen LogP contribution in [0.3, 0.4) is 0 Å². The highest BCUT2D eigenvalue weighted by Crippen LogP contribution is 2.30. The second-order valence-electron chi connectivity index (χ2n) is 6.87. The number of amides is 1. The van der Waals surface area contributed by atoms with E-state index in [1.54, 1.807) is 31.2 Å². The third-order valence-electron chi connectivity index (χ3n) is 4.48. The Morgan fingerprint density at radius 2 is 1.88 bits per heavy atom. The van der Waals surface area contributed by atoms with Gasteiger partial charge in [0.2, 0.25) is 0 Å². The van der Waals surface area contributed by atoms with Gasteiger partial charge in [-0.05, 0) is 36.8 Å². The summed E-state index contributed by atoms with van der Waals surface area (Å²) in [6.45, 7) is 1.54. The van der Waals surface area contributed by atoms with E-state index in [9.17, 15) is 14.4 Å². The molecule has 9 nitrogen and oxygen atoms in total. The number of aryl methyl sites for hydroxylation is 1. The summed E-state index contributed by atoms with van der Waals surface area (Å²) in [5.41, 5.74) is 0.631. The molecule has 0 saturated carbocycles. The maximum Gasteiger partial charge on any atom is 0.359 e. The minimum absolute atomic E-state index is 0.109. The number of hydrogen-bond donors (Lipinski definition) is 1. The normalized spacial score (nSPS) is 10.4. The molecule has 1 amide bonds. The van der Waals surface area contributed by atoms with Crippen LogP contribution in [-0.4, -0.2) is 42.0 Å². The molecule has 1 N–H and O–H groups in total. The zero-order valence-electron chi connectivity index (χ0n) is 18.0. The molecule has 0 saturated heterocycles. The Balaban J connectivity index is 1.57. The van der Waals surface area contributed by atoms with Crippen LogP contribution in [0.4, 0.5) is 5.69 Å². The second kappa shape index (κ2) is 11.1. The number of nitrogens with zero attached hydrogens (tertiary/aromatic N) is 2. The fourth-order valence-corrected chi connectivity index (χ4v) is 2.96. The van der Waals surface area contributed by atoms with Gasteiger partial charge in [-0.1, -0.05) is 29.8 Å². The fraction of sp³-hybridized carbons (Fsp3) is 0.217. The van der Waals surface area contributed by atoms with Gasteiger partial charge in [0.05, 0.1) is 19.3 Å². The zero-order valence-corrected chi connectivity index (χ0v) is 18.8. The first kappa shape index (κ1) is 23.8. The lowest BCUT2D eigenvalue weighted by Gasteiger charge is -2.12. The number of hydrogen-bond acceptors (Lipinski definition) is 7. The van der Waals surface area contributed by atoms with E-state index in [2.05, 4.69) is 10.4 Å². The maximum atomic E-state index is 12.3. The monoisotopic (exact) mass is 471 g/mol. The summed E-state index contributed by atoms with van der Waals surface area (Å²) in [6, 6.07) is 14.8. The summed E-state index contributed by atoms with van der Waals surface area (Å²) in [5, 5.41) is 7.10. The fourth-order valence-electron chi connectivity index (χ4n) is 2.81. The number of rotatable bonds is 9. The van der Waals surface area contributed by atoms with Crippen LogP contribution < -0.4 is 20.3 Å². The van der Waals surface area contributed by atoms with Gasteiger partial charge in [0.1, 0.15) is 18.1 Å². The highest BCUT2D eigenvalue weighted by Gasteiger charge is 2.15. The molecular weight excluding hydrogens is 450 g/mol. The lowest BCUT2D eigenvalue weighted by Crippen LogP contribution is -2.28. The molecule has 10 heteroatoms. The Morgan fingerprint density at radius 1 is 1.12 bits per heavy atom. The van der Waals surface area contributed by atoms with Crippen molar-refractivity contribution in [3.8, 4) is 11.5 Å².